The number of non-ortho nitro benzene ring substituents is 1. The average molecular weight is 228 g/mol. The Bertz CT molecular complexity index is 384. The molecule has 0 atom stereocenters. The summed E-state index contributed by atoms with van der Waals surface area (Å²) in [5, 5.41) is 19.1. The zero-order valence-electron chi connectivity index (χ0n) is 8.89. The van der Waals surface area contributed by atoms with Crippen LogP contribution in [-0.4, -0.2) is 35.1 Å². The molecule has 0 spiro atoms. The molecule has 1 aromatic carbocycles. The van der Waals surface area contributed by atoms with Crippen molar-refractivity contribution in [2.45, 2.75) is 6.54 Å². The monoisotopic (exact) mass is 228 g/mol. The molecule has 0 radical (unpaired) electrons. The molecule has 1 N–H and O–H groups in total. The maximum Gasteiger partial charge on any atom is 0.272 e. The molecule has 6 heteroatoms. The van der Waals surface area contributed by atoms with E-state index in [1.807, 2.05) is 0 Å². The molecule has 0 amide bonds. The number of rotatable bonds is 5. The molecule has 0 fully saturated rings. The number of nitro groups is 1. The second kappa shape index (κ2) is 5.53. The Kier molecular flexibility index (Phi) is 4.33. The van der Waals surface area contributed by atoms with Gasteiger partial charge in [-0.05, 0) is 13.1 Å². The first-order valence-corrected chi connectivity index (χ1v) is 4.77. The molecule has 0 aliphatic heterocycles. The molecule has 1 aromatic rings. The molecule has 1 rings (SSSR count). The van der Waals surface area contributed by atoms with Gasteiger partial charge in [-0.1, -0.05) is 0 Å². The first-order chi connectivity index (χ1) is 7.54. The highest BCUT2D eigenvalue weighted by Gasteiger charge is 2.11. The molecule has 0 aromatic heterocycles. The first-order valence-electron chi connectivity index (χ1n) is 4.77. The summed E-state index contributed by atoms with van der Waals surface area (Å²) < 4.78 is 13.4. The van der Waals surface area contributed by atoms with Gasteiger partial charge in [0.15, 0.2) is 0 Å². The van der Waals surface area contributed by atoms with E-state index >= 15 is 0 Å². The average Bonchev–Trinajstić information content (AvgIpc) is 2.21. The topological polar surface area (TPSA) is 66.6 Å². The van der Waals surface area contributed by atoms with Crippen LogP contribution in [0.5, 0.6) is 0 Å². The van der Waals surface area contributed by atoms with E-state index in [2.05, 4.69) is 0 Å². The SMILES string of the molecule is CN(CCO)Cc1ccc([N+](=O)[O-])cc1F. The molecular formula is C10H13FN2O3. The summed E-state index contributed by atoms with van der Waals surface area (Å²) in [7, 11) is 1.73. The summed E-state index contributed by atoms with van der Waals surface area (Å²) in [6.45, 7) is 0.728. The Balaban J connectivity index is 2.79. The van der Waals surface area contributed by atoms with Gasteiger partial charge in [-0.3, -0.25) is 15.0 Å². The number of aliphatic hydroxyl groups is 1. The fourth-order valence-corrected chi connectivity index (χ4v) is 1.32. The van der Waals surface area contributed by atoms with Crippen LogP contribution in [-0.2, 0) is 6.54 Å². The fourth-order valence-electron chi connectivity index (χ4n) is 1.32. The van der Waals surface area contributed by atoms with Crippen LogP contribution in [0.2, 0.25) is 0 Å². The summed E-state index contributed by atoms with van der Waals surface area (Å²) in [5.41, 5.74) is 0.118. The Hall–Kier alpha value is -1.53. The van der Waals surface area contributed by atoms with Gasteiger partial charge < -0.3 is 5.11 Å². The first kappa shape index (κ1) is 12.5. The smallest absolute Gasteiger partial charge is 0.272 e. The zero-order valence-corrected chi connectivity index (χ0v) is 8.89. The maximum absolute atomic E-state index is 13.4. The van der Waals surface area contributed by atoms with E-state index in [1.54, 1.807) is 11.9 Å². The normalized spacial score (nSPS) is 10.8. The highest BCUT2D eigenvalue weighted by Crippen LogP contribution is 2.17. The second-order valence-electron chi connectivity index (χ2n) is 3.49. The lowest BCUT2D eigenvalue weighted by atomic mass is 10.2. The van der Waals surface area contributed by atoms with Crippen molar-refractivity contribution in [3.8, 4) is 0 Å². The number of nitrogens with zero attached hydrogens (tertiary/aromatic N) is 2. The number of likely N-dealkylation sites (N-methyl/N-ethyl adjacent to an activating group) is 1. The predicted octanol–water partition coefficient (Wildman–Crippen LogP) is 1.16. The lowest BCUT2D eigenvalue weighted by Crippen LogP contribution is -2.22. The minimum Gasteiger partial charge on any atom is -0.395 e. The van der Waals surface area contributed by atoms with E-state index in [0.29, 0.717) is 18.7 Å². The van der Waals surface area contributed by atoms with Gasteiger partial charge >= 0.3 is 0 Å². The van der Waals surface area contributed by atoms with Crippen molar-refractivity contribution in [2.24, 2.45) is 0 Å². The molecular weight excluding hydrogens is 215 g/mol. The lowest BCUT2D eigenvalue weighted by molar-refractivity contribution is -0.385. The lowest BCUT2D eigenvalue weighted by Gasteiger charge is -2.15. The number of halogens is 1. The number of hydrogen-bond acceptors (Lipinski definition) is 4. The van der Waals surface area contributed by atoms with Crippen molar-refractivity contribution in [1.29, 1.82) is 0 Å². The summed E-state index contributed by atoms with van der Waals surface area (Å²) >= 11 is 0. The van der Waals surface area contributed by atoms with Gasteiger partial charge in [0.2, 0.25) is 0 Å². The van der Waals surface area contributed by atoms with Gasteiger partial charge in [0.1, 0.15) is 5.82 Å². The van der Waals surface area contributed by atoms with Gasteiger partial charge in [0.25, 0.3) is 5.69 Å². The van der Waals surface area contributed by atoms with E-state index in [9.17, 15) is 14.5 Å². The molecule has 0 saturated heterocycles. The van der Waals surface area contributed by atoms with Crippen LogP contribution >= 0.6 is 0 Å². The Morgan fingerprint density at radius 1 is 1.56 bits per heavy atom. The van der Waals surface area contributed by atoms with E-state index < -0.39 is 10.7 Å². The summed E-state index contributed by atoms with van der Waals surface area (Å²) in [4.78, 5) is 11.5. The molecule has 0 bridgehead atoms. The second-order valence-corrected chi connectivity index (χ2v) is 3.49. The number of hydrogen-bond donors (Lipinski definition) is 1. The third-order valence-corrected chi connectivity index (χ3v) is 2.17. The van der Waals surface area contributed by atoms with Crippen LogP contribution in [0.1, 0.15) is 5.56 Å². The van der Waals surface area contributed by atoms with Gasteiger partial charge in [-0.25, -0.2) is 4.39 Å². The molecule has 5 nitrogen and oxygen atoms in total. The van der Waals surface area contributed by atoms with Crippen LogP contribution in [0, 0.1) is 15.9 Å². The van der Waals surface area contributed by atoms with Crippen LogP contribution in [0.15, 0.2) is 18.2 Å². The number of nitro benzene ring substituents is 1. The highest BCUT2D eigenvalue weighted by molar-refractivity contribution is 5.34. The van der Waals surface area contributed by atoms with Gasteiger partial charge in [0, 0.05) is 24.7 Å². The molecule has 0 unspecified atom stereocenters. The number of aliphatic hydroxyl groups excluding tert-OH is 1. The summed E-state index contributed by atoms with van der Waals surface area (Å²) in [6, 6.07) is 3.56. The van der Waals surface area contributed by atoms with Gasteiger partial charge in [-0.2, -0.15) is 0 Å². The highest BCUT2D eigenvalue weighted by atomic mass is 19.1. The van der Waals surface area contributed by atoms with E-state index in [-0.39, 0.29) is 12.3 Å². The van der Waals surface area contributed by atoms with Crippen molar-refractivity contribution < 1.29 is 14.4 Å². The molecule has 0 aliphatic carbocycles. The molecule has 0 saturated carbocycles. The molecule has 0 heterocycles. The minimum absolute atomic E-state index is 0.00883. The summed E-state index contributed by atoms with van der Waals surface area (Å²) in [5.74, 6) is -0.598. The van der Waals surface area contributed by atoms with E-state index in [1.165, 1.54) is 12.1 Å². The fraction of sp³-hybridized carbons (Fsp3) is 0.400. The maximum atomic E-state index is 13.4. The Labute approximate surface area is 92.3 Å². The third kappa shape index (κ3) is 3.25. The summed E-state index contributed by atoms with van der Waals surface area (Å²) in [6.07, 6.45) is 0. The predicted molar refractivity (Wildman–Crippen MR) is 56.5 cm³/mol. The van der Waals surface area contributed by atoms with Crippen molar-refractivity contribution >= 4 is 5.69 Å². The molecule has 16 heavy (non-hydrogen) atoms. The molecule has 88 valence electrons. The largest absolute Gasteiger partial charge is 0.395 e. The molecule has 0 aliphatic rings. The van der Waals surface area contributed by atoms with E-state index in [4.69, 9.17) is 5.11 Å². The van der Waals surface area contributed by atoms with Gasteiger partial charge in [-0.15, -0.1) is 0 Å². The minimum atomic E-state index is -0.635. The van der Waals surface area contributed by atoms with Crippen LogP contribution < -0.4 is 0 Å². The number of benzene rings is 1. The third-order valence-electron chi connectivity index (χ3n) is 2.17. The Morgan fingerprint density at radius 3 is 2.75 bits per heavy atom. The van der Waals surface area contributed by atoms with Crippen molar-refractivity contribution in [2.75, 3.05) is 20.2 Å². The van der Waals surface area contributed by atoms with Crippen LogP contribution in [0.4, 0.5) is 10.1 Å². The van der Waals surface area contributed by atoms with Crippen molar-refractivity contribution in [3.63, 3.8) is 0 Å². The van der Waals surface area contributed by atoms with Crippen LogP contribution in [0.3, 0.4) is 0 Å². The van der Waals surface area contributed by atoms with Crippen LogP contribution in [0.25, 0.3) is 0 Å². The van der Waals surface area contributed by atoms with E-state index in [0.717, 1.165) is 6.07 Å². The quantitative estimate of drug-likeness (QED) is 0.606. The van der Waals surface area contributed by atoms with Crippen molar-refractivity contribution in [1.82, 2.24) is 4.90 Å². The standard InChI is InChI=1S/C10H13FN2O3/c1-12(4-5-14)7-8-2-3-9(13(15)16)6-10(8)11/h2-3,6,14H,4-5,7H2,1H3. The zero-order chi connectivity index (χ0) is 12.1. The Morgan fingerprint density at radius 2 is 2.25 bits per heavy atom. The van der Waals surface area contributed by atoms with Gasteiger partial charge in [0.05, 0.1) is 17.6 Å². The van der Waals surface area contributed by atoms with Crippen molar-refractivity contribution in [3.05, 3.63) is 39.7 Å².